The number of alkyl halides is 2. The normalized spacial score (nSPS) is 11.2. The molecule has 0 unspecified atom stereocenters. The Labute approximate surface area is 116 Å². The average molecular weight is 276 g/mol. The molecule has 0 atom stereocenters. The maximum Gasteiger partial charge on any atom is 0.334 e. The molecule has 0 heterocycles. The molecule has 0 radical (unpaired) electrons. The van der Waals surface area contributed by atoms with Gasteiger partial charge in [0.1, 0.15) is 5.75 Å². The molecular formula is C16H14F2O2. The van der Waals surface area contributed by atoms with Crippen LogP contribution in [0.4, 0.5) is 8.78 Å². The smallest absolute Gasteiger partial charge is 0.334 e. The van der Waals surface area contributed by atoms with E-state index in [1.807, 2.05) is 0 Å². The van der Waals surface area contributed by atoms with E-state index in [2.05, 4.69) is 0 Å². The second-order valence-electron chi connectivity index (χ2n) is 4.50. The van der Waals surface area contributed by atoms with E-state index in [1.165, 1.54) is 43.5 Å². The van der Waals surface area contributed by atoms with E-state index < -0.39 is 11.7 Å². The Morgan fingerprint density at radius 3 is 2.30 bits per heavy atom. The first-order chi connectivity index (χ1) is 9.45. The average Bonchev–Trinajstić information content (AvgIpc) is 2.46. The van der Waals surface area contributed by atoms with Gasteiger partial charge in [-0.3, -0.25) is 4.79 Å². The minimum atomic E-state index is -3.56. The predicted molar refractivity (Wildman–Crippen MR) is 72.4 cm³/mol. The molecule has 0 aliphatic carbocycles. The zero-order valence-electron chi connectivity index (χ0n) is 11.2. The van der Waals surface area contributed by atoms with Crippen LogP contribution in [0.25, 0.3) is 0 Å². The van der Waals surface area contributed by atoms with Gasteiger partial charge in [0, 0.05) is 11.1 Å². The van der Waals surface area contributed by atoms with Crippen LogP contribution in [-0.4, -0.2) is 12.9 Å². The van der Waals surface area contributed by atoms with E-state index in [0.29, 0.717) is 5.75 Å². The van der Waals surface area contributed by atoms with Crippen LogP contribution in [0.2, 0.25) is 0 Å². The molecule has 0 spiro atoms. The third-order valence-electron chi connectivity index (χ3n) is 3.02. The van der Waals surface area contributed by atoms with Crippen LogP contribution < -0.4 is 4.74 Å². The zero-order valence-corrected chi connectivity index (χ0v) is 11.2. The molecule has 2 aromatic carbocycles. The fraction of sp³-hybridized carbons (Fsp3) is 0.188. The lowest BCUT2D eigenvalue weighted by Crippen LogP contribution is -2.26. The number of aryl methyl sites for hydroxylation is 1. The van der Waals surface area contributed by atoms with Gasteiger partial charge in [0.05, 0.1) is 7.11 Å². The van der Waals surface area contributed by atoms with E-state index in [-0.39, 0.29) is 11.1 Å². The van der Waals surface area contributed by atoms with Gasteiger partial charge in [0.15, 0.2) is 0 Å². The van der Waals surface area contributed by atoms with E-state index in [1.54, 1.807) is 19.1 Å². The van der Waals surface area contributed by atoms with Crippen LogP contribution in [0, 0.1) is 6.92 Å². The summed E-state index contributed by atoms with van der Waals surface area (Å²) in [5, 5.41) is 0. The number of rotatable bonds is 4. The fourth-order valence-electron chi connectivity index (χ4n) is 1.90. The lowest BCUT2D eigenvalue weighted by atomic mass is 9.98. The van der Waals surface area contributed by atoms with Crippen molar-refractivity contribution in [2.24, 2.45) is 0 Å². The highest BCUT2D eigenvalue weighted by molar-refractivity contribution is 6.02. The van der Waals surface area contributed by atoms with Gasteiger partial charge in [-0.2, -0.15) is 8.78 Å². The molecule has 0 amide bonds. The van der Waals surface area contributed by atoms with Gasteiger partial charge in [-0.05, 0) is 37.3 Å². The molecule has 2 rings (SSSR count). The second kappa shape index (κ2) is 5.41. The molecule has 104 valence electrons. The number of methoxy groups -OCH3 is 1. The summed E-state index contributed by atoms with van der Waals surface area (Å²) in [6, 6.07) is 11.4. The molecule has 0 aliphatic heterocycles. The predicted octanol–water partition coefficient (Wildman–Crippen LogP) is 3.98. The van der Waals surface area contributed by atoms with Gasteiger partial charge in [-0.25, -0.2) is 0 Å². The summed E-state index contributed by atoms with van der Waals surface area (Å²) < 4.78 is 33.3. The van der Waals surface area contributed by atoms with Gasteiger partial charge in [0.25, 0.3) is 0 Å². The quantitative estimate of drug-likeness (QED) is 0.790. The third-order valence-corrected chi connectivity index (χ3v) is 3.02. The Hall–Kier alpha value is -2.23. The molecule has 0 aromatic heterocycles. The van der Waals surface area contributed by atoms with Crippen molar-refractivity contribution < 1.29 is 18.3 Å². The number of benzene rings is 2. The van der Waals surface area contributed by atoms with Crippen molar-refractivity contribution in [3.05, 3.63) is 65.2 Å². The van der Waals surface area contributed by atoms with Gasteiger partial charge >= 0.3 is 5.92 Å². The number of carbonyl (C=O) groups excluding carboxylic acids is 1. The lowest BCUT2D eigenvalue weighted by molar-refractivity contribution is 0.00740. The molecule has 0 saturated heterocycles. The van der Waals surface area contributed by atoms with Gasteiger partial charge in [-0.1, -0.05) is 23.8 Å². The summed E-state index contributed by atoms with van der Waals surface area (Å²) >= 11 is 0. The molecule has 4 heteroatoms. The van der Waals surface area contributed by atoms with Crippen molar-refractivity contribution in [2.75, 3.05) is 7.11 Å². The molecule has 0 saturated carbocycles. The standard InChI is InChI=1S/C16H14F2O2/c1-11-4-3-5-12(10-11)15(19)16(17,18)13-6-8-14(20-2)9-7-13/h3-10H,1-2H3. The number of hydrogen-bond acceptors (Lipinski definition) is 2. The fourth-order valence-corrected chi connectivity index (χ4v) is 1.90. The highest BCUT2D eigenvalue weighted by Crippen LogP contribution is 2.33. The van der Waals surface area contributed by atoms with Crippen LogP contribution in [0.3, 0.4) is 0 Å². The topological polar surface area (TPSA) is 26.3 Å². The summed E-state index contributed by atoms with van der Waals surface area (Å²) in [6.45, 7) is 1.75. The zero-order chi connectivity index (χ0) is 14.8. The highest BCUT2D eigenvalue weighted by atomic mass is 19.3. The largest absolute Gasteiger partial charge is 0.497 e. The minimum absolute atomic E-state index is 0.00539. The molecule has 0 aliphatic rings. The van der Waals surface area contributed by atoms with E-state index in [4.69, 9.17) is 4.74 Å². The number of halogens is 2. The molecule has 20 heavy (non-hydrogen) atoms. The molecular weight excluding hydrogens is 262 g/mol. The molecule has 2 nitrogen and oxygen atoms in total. The Morgan fingerprint density at radius 1 is 1.10 bits per heavy atom. The maximum atomic E-state index is 14.2. The Balaban J connectivity index is 2.35. The van der Waals surface area contributed by atoms with Gasteiger partial charge < -0.3 is 4.74 Å². The van der Waals surface area contributed by atoms with Crippen LogP contribution in [0.5, 0.6) is 5.75 Å². The van der Waals surface area contributed by atoms with Crippen molar-refractivity contribution in [2.45, 2.75) is 12.8 Å². The van der Waals surface area contributed by atoms with Crippen molar-refractivity contribution in [1.29, 1.82) is 0 Å². The van der Waals surface area contributed by atoms with Crippen LogP contribution >= 0.6 is 0 Å². The molecule has 0 bridgehead atoms. The maximum absolute atomic E-state index is 14.2. The Morgan fingerprint density at radius 2 is 1.75 bits per heavy atom. The van der Waals surface area contributed by atoms with E-state index in [9.17, 15) is 13.6 Å². The third kappa shape index (κ3) is 2.69. The van der Waals surface area contributed by atoms with Crippen molar-refractivity contribution in [3.8, 4) is 5.75 Å². The number of Topliss-reactive ketones (excluding diaryl/α,β-unsaturated/α-hetero) is 1. The van der Waals surface area contributed by atoms with Crippen LogP contribution in [0.15, 0.2) is 48.5 Å². The number of ketones is 1. The first-order valence-electron chi connectivity index (χ1n) is 6.09. The first kappa shape index (κ1) is 14.2. The van der Waals surface area contributed by atoms with Crippen LogP contribution in [-0.2, 0) is 5.92 Å². The van der Waals surface area contributed by atoms with Crippen molar-refractivity contribution in [1.82, 2.24) is 0 Å². The monoisotopic (exact) mass is 276 g/mol. The summed E-state index contributed by atoms with van der Waals surface area (Å²) in [4.78, 5) is 12.0. The number of carbonyl (C=O) groups is 1. The number of ether oxygens (including phenoxy) is 1. The van der Waals surface area contributed by atoms with Crippen molar-refractivity contribution in [3.63, 3.8) is 0 Å². The lowest BCUT2D eigenvalue weighted by Gasteiger charge is -2.16. The summed E-state index contributed by atoms with van der Waals surface area (Å²) in [5.41, 5.74) is 0.428. The minimum Gasteiger partial charge on any atom is -0.497 e. The summed E-state index contributed by atoms with van der Waals surface area (Å²) in [7, 11) is 1.45. The summed E-state index contributed by atoms with van der Waals surface area (Å²) in [6.07, 6.45) is 0. The van der Waals surface area contributed by atoms with E-state index >= 15 is 0 Å². The second-order valence-corrected chi connectivity index (χ2v) is 4.50. The molecule has 0 fully saturated rings. The first-order valence-corrected chi connectivity index (χ1v) is 6.09. The van der Waals surface area contributed by atoms with Gasteiger partial charge in [-0.15, -0.1) is 0 Å². The Kier molecular flexibility index (Phi) is 3.84. The summed E-state index contributed by atoms with van der Waals surface area (Å²) in [5.74, 6) is -4.29. The van der Waals surface area contributed by atoms with Crippen molar-refractivity contribution >= 4 is 5.78 Å². The molecule has 0 N–H and O–H groups in total. The van der Waals surface area contributed by atoms with Crippen LogP contribution in [0.1, 0.15) is 21.5 Å². The SMILES string of the molecule is COc1ccc(C(F)(F)C(=O)c2cccc(C)c2)cc1. The molecule has 2 aromatic rings. The van der Waals surface area contributed by atoms with Gasteiger partial charge in [0.2, 0.25) is 5.78 Å². The van der Waals surface area contributed by atoms with E-state index in [0.717, 1.165) is 5.56 Å². The Bertz CT molecular complexity index is 619. The highest BCUT2D eigenvalue weighted by Gasteiger charge is 2.41. The number of hydrogen-bond donors (Lipinski definition) is 0.